The summed E-state index contributed by atoms with van der Waals surface area (Å²) in [5.74, 6) is 0.763. The second kappa shape index (κ2) is 10.1. The first-order valence-corrected chi connectivity index (χ1v) is 13.5. The van der Waals surface area contributed by atoms with Crippen LogP contribution in [-0.4, -0.2) is 77.3 Å². The van der Waals surface area contributed by atoms with E-state index in [1.54, 1.807) is 18.7 Å². The predicted molar refractivity (Wildman–Crippen MR) is 148 cm³/mol. The third-order valence-corrected chi connectivity index (χ3v) is 8.12. The van der Waals surface area contributed by atoms with Gasteiger partial charge in [0.15, 0.2) is 29.0 Å². The SMILES string of the molecule is C[C@]1(O)CCCN1c1nc(NCC(c2ccccc2)c2ccccc2)c2ncn([C@]3(C)O[C@@H](O)[C@@H](O)[C@H]3O)c2n1. The molecule has 2 aliphatic heterocycles. The third kappa shape index (κ3) is 4.49. The molecule has 40 heavy (non-hydrogen) atoms. The lowest BCUT2D eigenvalue weighted by Gasteiger charge is -2.31. The zero-order valence-corrected chi connectivity index (χ0v) is 22.4. The number of anilines is 2. The molecular weight excluding hydrogens is 512 g/mol. The molecule has 4 aromatic rings. The molecule has 0 spiro atoms. The minimum Gasteiger partial charge on any atom is -0.385 e. The Bertz CT molecular complexity index is 1440. The summed E-state index contributed by atoms with van der Waals surface area (Å²) in [5.41, 5.74) is 0.354. The Morgan fingerprint density at radius 1 is 1.00 bits per heavy atom. The molecule has 0 saturated carbocycles. The summed E-state index contributed by atoms with van der Waals surface area (Å²) < 4.78 is 7.12. The Labute approximate surface area is 231 Å². The van der Waals surface area contributed by atoms with Crippen LogP contribution < -0.4 is 10.2 Å². The van der Waals surface area contributed by atoms with Gasteiger partial charge in [-0.05, 0) is 37.8 Å². The van der Waals surface area contributed by atoms with Crippen molar-refractivity contribution in [2.45, 2.75) is 62.6 Å². The third-order valence-electron chi connectivity index (χ3n) is 8.12. The van der Waals surface area contributed by atoms with Crippen molar-refractivity contribution >= 4 is 22.9 Å². The highest BCUT2D eigenvalue weighted by molar-refractivity contribution is 5.84. The molecule has 0 unspecified atom stereocenters. The van der Waals surface area contributed by atoms with Crippen molar-refractivity contribution in [3.05, 3.63) is 78.1 Å². The largest absolute Gasteiger partial charge is 0.385 e. The van der Waals surface area contributed by atoms with E-state index in [1.165, 1.54) is 10.9 Å². The summed E-state index contributed by atoms with van der Waals surface area (Å²) in [5, 5.41) is 45.7. The van der Waals surface area contributed by atoms with Gasteiger partial charge in [0.05, 0.1) is 6.33 Å². The molecule has 2 fully saturated rings. The van der Waals surface area contributed by atoms with Gasteiger partial charge in [0, 0.05) is 19.0 Å². The van der Waals surface area contributed by atoms with Gasteiger partial charge < -0.3 is 35.4 Å². The fraction of sp³-hybridized carbons (Fsp3) is 0.414. The zero-order valence-electron chi connectivity index (χ0n) is 22.4. The Kier molecular flexibility index (Phi) is 6.71. The molecule has 2 aromatic carbocycles. The molecule has 2 aromatic heterocycles. The van der Waals surface area contributed by atoms with Gasteiger partial charge in [-0.3, -0.25) is 4.57 Å². The van der Waals surface area contributed by atoms with Gasteiger partial charge in [-0.15, -0.1) is 0 Å². The number of aromatic nitrogens is 4. The molecule has 5 N–H and O–H groups in total. The van der Waals surface area contributed by atoms with Crippen LogP contribution in [0.4, 0.5) is 11.8 Å². The fourth-order valence-corrected chi connectivity index (χ4v) is 5.77. The molecular formula is C29H34N6O5. The molecule has 0 radical (unpaired) electrons. The van der Waals surface area contributed by atoms with Crippen LogP contribution in [0.15, 0.2) is 67.0 Å². The van der Waals surface area contributed by atoms with Crippen LogP contribution in [-0.2, 0) is 10.5 Å². The van der Waals surface area contributed by atoms with Crippen molar-refractivity contribution in [1.82, 2.24) is 19.5 Å². The summed E-state index contributed by atoms with van der Waals surface area (Å²) in [4.78, 5) is 15.9. The van der Waals surface area contributed by atoms with Crippen molar-refractivity contribution < 1.29 is 25.2 Å². The molecule has 0 amide bonds. The summed E-state index contributed by atoms with van der Waals surface area (Å²) in [7, 11) is 0. The highest BCUT2D eigenvalue weighted by Crippen LogP contribution is 2.39. The molecule has 5 atom stereocenters. The van der Waals surface area contributed by atoms with E-state index in [1.807, 2.05) is 36.4 Å². The molecule has 11 nitrogen and oxygen atoms in total. The maximum atomic E-state index is 11.1. The summed E-state index contributed by atoms with van der Waals surface area (Å²) in [6.07, 6.45) is -1.72. The van der Waals surface area contributed by atoms with Gasteiger partial charge in [-0.25, -0.2) is 4.98 Å². The first-order valence-electron chi connectivity index (χ1n) is 13.5. The number of rotatable bonds is 7. The highest BCUT2D eigenvalue weighted by atomic mass is 16.7. The second-order valence-electron chi connectivity index (χ2n) is 10.9. The van der Waals surface area contributed by atoms with E-state index in [0.717, 1.165) is 17.5 Å². The lowest BCUT2D eigenvalue weighted by atomic mass is 9.91. The minimum absolute atomic E-state index is 0.00986. The van der Waals surface area contributed by atoms with Crippen LogP contribution in [0.2, 0.25) is 0 Å². The number of benzene rings is 2. The van der Waals surface area contributed by atoms with Crippen LogP contribution in [0, 0.1) is 0 Å². The van der Waals surface area contributed by atoms with E-state index >= 15 is 0 Å². The van der Waals surface area contributed by atoms with Crippen LogP contribution >= 0.6 is 0 Å². The van der Waals surface area contributed by atoms with E-state index in [0.29, 0.717) is 42.4 Å². The molecule has 2 saturated heterocycles. The lowest BCUT2D eigenvalue weighted by molar-refractivity contribution is -0.186. The van der Waals surface area contributed by atoms with Gasteiger partial charge >= 0.3 is 0 Å². The number of ether oxygens (including phenoxy) is 1. The normalized spacial score (nSPS) is 28.6. The van der Waals surface area contributed by atoms with Crippen molar-refractivity contribution in [2.75, 3.05) is 23.3 Å². The summed E-state index contributed by atoms with van der Waals surface area (Å²) in [6.45, 7) is 4.35. The van der Waals surface area contributed by atoms with E-state index in [4.69, 9.17) is 14.7 Å². The molecule has 0 aliphatic carbocycles. The Morgan fingerprint density at radius 2 is 1.65 bits per heavy atom. The standard InChI is InChI=1S/C29H34N6O5/c1-28(39)14-9-15-34(28)27-32-24(30-16-20(18-10-5-3-6-11-18)19-12-7-4-8-13-19)21-25(33-27)35(17-31-21)29(2)23(37)22(36)26(38)40-29/h3-8,10-13,17,20,22-23,26,36-39H,9,14-16H2,1-2H3,(H,30,32,33)/t22-,23+,26+,28-,29+/m0/s1. The first-order chi connectivity index (χ1) is 19.2. The van der Waals surface area contributed by atoms with E-state index in [9.17, 15) is 20.4 Å². The maximum Gasteiger partial charge on any atom is 0.231 e. The summed E-state index contributed by atoms with van der Waals surface area (Å²) >= 11 is 0. The smallest absolute Gasteiger partial charge is 0.231 e. The number of hydrogen-bond donors (Lipinski definition) is 5. The molecule has 0 bridgehead atoms. The topological polar surface area (TPSA) is 149 Å². The first kappa shape index (κ1) is 26.6. The molecule has 4 heterocycles. The van der Waals surface area contributed by atoms with Gasteiger partial charge in [0.25, 0.3) is 0 Å². The Morgan fingerprint density at radius 3 is 2.20 bits per heavy atom. The number of nitrogens with zero attached hydrogens (tertiary/aromatic N) is 5. The van der Waals surface area contributed by atoms with E-state index in [2.05, 4.69) is 34.6 Å². The number of fused-ring (bicyclic) bond motifs is 1. The molecule has 2 aliphatic rings. The van der Waals surface area contributed by atoms with Crippen molar-refractivity contribution in [2.24, 2.45) is 0 Å². The highest BCUT2D eigenvalue weighted by Gasteiger charge is 2.53. The number of nitrogens with one attached hydrogen (secondary N) is 1. The van der Waals surface area contributed by atoms with Gasteiger partial charge in [-0.1, -0.05) is 60.7 Å². The van der Waals surface area contributed by atoms with Crippen LogP contribution in [0.1, 0.15) is 43.7 Å². The van der Waals surface area contributed by atoms with Crippen molar-refractivity contribution in [3.63, 3.8) is 0 Å². The maximum absolute atomic E-state index is 11.1. The van der Waals surface area contributed by atoms with Crippen LogP contribution in [0.3, 0.4) is 0 Å². The number of hydrogen-bond acceptors (Lipinski definition) is 10. The predicted octanol–water partition coefficient (Wildman–Crippen LogP) is 2.12. The quantitative estimate of drug-likeness (QED) is 0.233. The van der Waals surface area contributed by atoms with Crippen molar-refractivity contribution in [1.29, 1.82) is 0 Å². The average Bonchev–Trinajstić information content (AvgIpc) is 3.61. The summed E-state index contributed by atoms with van der Waals surface area (Å²) in [6, 6.07) is 20.4. The number of aliphatic hydroxyl groups is 4. The monoisotopic (exact) mass is 546 g/mol. The Balaban J connectivity index is 1.44. The van der Waals surface area contributed by atoms with E-state index < -0.39 is 29.9 Å². The second-order valence-corrected chi connectivity index (χ2v) is 10.9. The van der Waals surface area contributed by atoms with Crippen molar-refractivity contribution in [3.8, 4) is 0 Å². The lowest BCUT2D eigenvalue weighted by Crippen LogP contribution is -2.43. The van der Waals surface area contributed by atoms with Crippen LogP contribution in [0.5, 0.6) is 0 Å². The van der Waals surface area contributed by atoms with Crippen LogP contribution in [0.25, 0.3) is 11.2 Å². The Hall–Kier alpha value is -3.61. The van der Waals surface area contributed by atoms with Gasteiger partial charge in [0.1, 0.15) is 17.9 Å². The molecule has 6 rings (SSSR count). The zero-order chi connectivity index (χ0) is 28.1. The van der Waals surface area contributed by atoms with Gasteiger partial charge in [-0.2, -0.15) is 9.97 Å². The number of aliphatic hydroxyl groups excluding tert-OH is 3. The van der Waals surface area contributed by atoms with E-state index in [-0.39, 0.29) is 5.92 Å². The molecule has 210 valence electrons. The van der Waals surface area contributed by atoms with Gasteiger partial charge in [0.2, 0.25) is 5.95 Å². The number of imidazole rings is 1. The molecule has 11 heteroatoms. The average molecular weight is 547 g/mol. The fourth-order valence-electron chi connectivity index (χ4n) is 5.77. The minimum atomic E-state index is -1.58.